The number of guanidine groups is 1. The first kappa shape index (κ1) is 26.6. The quantitative estimate of drug-likeness (QED) is 0.254. The van der Waals surface area contributed by atoms with Crippen molar-refractivity contribution in [1.82, 2.24) is 9.62 Å². The molecule has 1 heterocycles. The second-order valence-electron chi connectivity index (χ2n) is 9.63. The number of carboxylic acid groups (broad SMARTS) is 1. The molecule has 37 heavy (non-hydrogen) atoms. The van der Waals surface area contributed by atoms with E-state index in [1.54, 1.807) is 17.0 Å². The second kappa shape index (κ2) is 11.3. The van der Waals surface area contributed by atoms with Gasteiger partial charge in [-0.1, -0.05) is 36.4 Å². The summed E-state index contributed by atoms with van der Waals surface area (Å²) in [5, 5.41) is 9.24. The smallest absolute Gasteiger partial charge is 0.304 e. The van der Waals surface area contributed by atoms with Gasteiger partial charge in [-0.25, -0.2) is 18.1 Å². The highest BCUT2D eigenvalue weighted by Gasteiger charge is 2.40. The van der Waals surface area contributed by atoms with Crippen LogP contribution in [0.25, 0.3) is 0 Å². The third-order valence-corrected chi connectivity index (χ3v) is 8.46. The predicted octanol–water partition coefficient (Wildman–Crippen LogP) is 1.55. The topological polar surface area (TPSA) is 168 Å². The maximum absolute atomic E-state index is 13.1. The fourth-order valence-corrected chi connectivity index (χ4v) is 6.40. The Labute approximate surface area is 216 Å². The van der Waals surface area contributed by atoms with E-state index >= 15 is 0 Å². The number of aryl methyl sites for hydroxylation is 2. The number of sulfonamides is 1. The first-order valence-corrected chi connectivity index (χ1v) is 13.9. The summed E-state index contributed by atoms with van der Waals surface area (Å²) in [6.07, 6.45) is 2.87. The van der Waals surface area contributed by atoms with Crippen molar-refractivity contribution in [2.24, 2.45) is 22.4 Å². The van der Waals surface area contributed by atoms with E-state index in [9.17, 15) is 23.1 Å². The number of carboxylic acids is 1. The van der Waals surface area contributed by atoms with Crippen molar-refractivity contribution in [2.45, 2.75) is 55.5 Å². The number of nitrogens with two attached hydrogens (primary N) is 2. The molecule has 1 amide bonds. The van der Waals surface area contributed by atoms with E-state index in [1.807, 2.05) is 30.3 Å². The SMILES string of the molecule is NC(N)=NC1CCc2cc(S(=O)(=O)NC[C@@H]3C[C@@H](CC(=O)O)C(=O)N3CCCc3ccccc3)ccc21. The number of nitrogens with one attached hydrogen (secondary N) is 1. The first-order valence-electron chi connectivity index (χ1n) is 12.4. The van der Waals surface area contributed by atoms with Crippen molar-refractivity contribution in [2.75, 3.05) is 13.1 Å². The Bertz CT molecular complexity index is 1280. The lowest BCUT2D eigenvalue weighted by atomic mass is 10.0. The summed E-state index contributed by atoms with van der Waals surface area (Å²) in [7, 11) is -3.84. The van der Waals surface area contributed by atoms with E-state index in [1.165, 1.54) is 6.07 Å². The van der Waals surface area contributed by atoms with Crippen LogP contribution in [-0.2, 0) is 32.5 Å². The Hall–Kier alpha value is -3.44. The van der Waals surface area contributed by atoms with Gasteiger partial charge < -0.3 is 21.5 Å². The highest BCUT2D eigenvalue weighted by atomic mass is 32.2. The first-order chi connectivity index (χ1) is 17.6. The van der Waals surface area contributed by atoms with Crippen molar-refractivity contribution in [3.05, 3.63) is 65.2 Å². The number of benzene rings is 2. The number of rotatable bonds is 11. The lowest BCUT2D eigenvalue weighted by Crippen LogP contribution is -2.42. The molecule has 0 spiro atoms. The van der Waals surface area contributed by atoms with Gasteiger partial charge in [0.05, 0.1) is 23.3 Å². The molecule has 4 rings (SSSR count). The number of amides is 1. The van der Waals surface area contributed by atoms with Crippen LogP contribution in [0, 0.1) is 5.92 Å². The van der Waals surface area contributed by atoms with Crippen LogP contribution < -0.4 is 16.2 Å². The minimum Gasteiger partial charge on any atom is -0.481 e. The molecule has 1 aliphatic heterocycles. The van der Waals surface area contributed by atoms with Crippen LogP contribution in [0.15, 0.2) is 58.4 Å². The molecule has 198 valence electrons. The molecule has 10 nitrogen and oxygen atoms in total. The molecule has 0 saturated carbocycles. The number of hydrogen-bond acceptors (Lipinski definition) is 5. The molecule has 1 fully saturated rings. The highest BCUT2D eigenvalue weighted by Crippen LogP contribution is 2.35. The molecule has 11 heteroatoms. The number of likely N-dealkylation sites (tertiary alicyclic amines) is 1. The summed E-state index contributed by atoms with van der Waals surface area (Å²) in [6.45, 7) is 0.449. The van der Waals surface area contributed by atoms with Crippen LogP contribution in [0.2, 0.25) is 0 Å². The molecular formula is C26H33N5O5S. The number of aliphatic carboxylic acids is 1. The third-order valence-electron chi connectivity index (χ3n) is 7.04. The van der Waals surface area contributed by atoms with Gasteiger partial charge >= 0.3 is 5.97 Å². The average molecular weight is 528 g/mol. The zero-order valence-electron chi connectivity index (χ0n) is 20.5. The standard InChI is InChI=1S/C26H33N5O5S/c27-26(28)30-23-11-8-18-14-21(9-10-22(18)23)37(35,36)29-16-20-13-19(15-24(32)33)25(34)31(20)12-4-7-17-5-2-1-3-6-17/h1-3,5-6,9-10,14,19-20,23,29H,4,7-8,11-13,15-16H2,(H,32,33)(H4,27,28,30)/t19-,20-,23?/m0/s1. The molecule has 2 aromatic rings. The summed E-state index contributed by atoms with van der Waals surface area (Å²) in [4.78, 5) is 30.3. The molecule has 0 bridgehead atoms. The largest absolute Gasteiger partial charge is 0.481 e. The van der Waals surface area contributed by atoms with Crippen LogP contribution in [0.3, 0.4) is 0 Å². The lowest BCUT2D eigenvalue weighted by Gasteiger charge is -2.25. The van der Waals surface area contributed by atoms with Gasteiger partial charge in [0.1, 0.15) is 0 Å². The number of nitrogens with zero attached hydrogens (tertiary/aromatic N) is 2. The normalized spacial score (nSPS) is 21.1. The number of hydrogen-bond donors (Lipinski definition) is 4. The fraction of sp³-hybridized carbons (Fsp3) is 0.423. The van der Waals surface area contributed by atoms with Gasteiger partial charge in [0.2, 0.25) is 15.9 Å². The third kappa shape index (κ3) is 6.47. The van der Waals surface area contributed by atoms with E-state index in [4.69, 9.17) is 11.5 Å². The zero-order valence-corrected chi connectivity index (χ0v) is 21.4. The molecule has 1 saturated heterocycles. The Morgan fingerprint density at radius 3 is 2.62 bits per heavy atom. The molecular weight excluding hydrogens is 494 g/mol. The van der Waals surface area contributed by atoms with Crippen LogP contribution in [-0.4, -0.2) is 55.4 Å². The van der Waals surface area contributed by atoms with Gasteiger partial charge in [0, 0.05) is 19.1 Å². The van der Waals surface area contributed by atoms with Gasteiger partial charge in [0.25, 0.3) is 0 Å². The number of carbonyl (C=O) groups is 2. The molecule has 2 aromatic carbocycles. The van der Waals surface area contributed by atoms with Crippen LogP contribution in [0.4, 0.5) is 0 Å². The van der Waals surface area contributed by atoms with E-state index in [2.05, 4.69) is 9.71 Å². The molecule has 3 atom stereocenters. The van der Waals surface area contributed by atoms with Crippen LogP contribution in [0.1, 0.15) is 48.4 Å². The van der Waals surface area contributed by atoms with Gasteiger partial charge in [-0.3, -0.25) is 9.59 Å². The minimum atomic E-state index is -3.84. The summed E-state index contributed by atoms with van der Waals surface area (Å²) >= 11 is 0. The summed E-state index contributed by atoms with van der Waals surface area (Å²) in [5.41, 5.74) is 14.0. The van der Waals surface area contributed by atoms with Crippen molar-refractivity contribution in [3.63, 3.8) is 0 Å². The summed E-state index contributed by atoms with van der Waals surface area (Å²) in [6, 6.07) is 14.2. The molecule has 0 radical (unpaired) electrons. The monoisotopic (exact) mass is 527 g/mol. The van der Waals surface area contributed by atoms with E-state index in [0.29, 0.717) is 32.2 Å². The number of aliphatic imine (C=N–C) groups is 1. The Balaban J connectivity index is 1.43. The maximum atomic E-state index is 13.1. The highest BCUT2D eigenvalue weighted by molar-refractivity contribution is 7.89. The van der Waals surface area contributed by atoms with Crippen molar-refractivity contribution in [3.8, 4) is 0 Å². The average Bonchev–Trinajstić information content (AvgIpc) is 3.38. The Kier molecular flexibility index (Phi) is 8.13. The van der Waals surface area contributed by atoms with Gasteiger partial charge in [0.15, 0.2) is 5.96 Å². The zero-order chi connectivity index (χ0) is 26.6. The molecule has 1 aliphatic carbocycles. The van der Waals surface area contributed by atoms with Gasteiger partial charge in [-0.15, -0.1) is 0 Å². The van der Waals surface area contributed by atoms with Crippen molar-refractivity contribution in [1.29, 1.82) is 0 Å². The summed E-state index contributed by atoms with van der Waals surface area (Å²) < 4.78 is 28.9. The van der Waals surface area contributed by atoms with Crippen LogP contribution >= 0.6 is 0 Å². The van der Waals surface area contributed by atoms with Crippen LogP contribution in [0.5, 0.6) is 0 Å². The Morgan fingerprint density at radius 2 is 1.92 bits per heavy atom. The predicted molar refractivity (Wildman–Crippen MR) is 139 cm³/mol. The van der Waals surface area contributed by atoms with Gasteiger partial charge in [-0.2, -0.15) is 0 Å². The van der Waals surface area contributed by atoms with E-state index in [-0.39, 0.29) is 35.8 Å². The van der Waals surface area contributed by atoms with E-state index < -0.39 is 28.0 Å². The second-order valence-corrected chi connectivity index (χ2v) is 11.4. The fourth-order valence-electron chi connectivity index (χ4n) is 5.28. The summed E-state index contributed by atoms with van der Waals surface area (Å²) in [5.74, 6) is -1.93. The Morgan fingerprint density at radius 1 is 1.16 bits per heavy atom. The van der Waals surface area contributed by atoms with Crippen molar-refractivity contribution >= 4 is 27.9 Å². The van der Waals surface area contributed by atoms with E-state index in [0.717, 1.165) is 23.1 Å². The maximum Gasteiger partial charge on any atom is 0.304 e. The molecule has 6 N–H and O–H groups in total. The minimum absolute atomic E-state index is 0.00292. The molecule has 2 aliphatic rings. The molecule has 0 aromatic heterocycles. The number of fused-ring (bicyclic) bond motifs is 1. The van der Waals surface area contributed by atoms with Crippen molar-refractivity contribution < 1.29 is 23.1 Å². The van der Waals surface area contributed by atoms with Gasteiger partial charge in [-0.05, 0) is 60.9 Å². The lowest BCUT2D eigenvalue weighted by molar-refractivity contribution is -0.142. The molecule has 1 unspecified atom stereocenters. The number of carbonyl (C=O) groups excluding carboxylic acids is 1.